The van der Waals surface area contributed by atoms with E-state index in [1.165, 1.54) is 38.5 Å². The fourth-order valence-corrected chi connectivity index (χ4v) is 5.44. The average Bonchev–Trinajstić information content (AvgIpc) is 3.23. The largest absolute Gasteiger partial charge is 0.493 e. The summed E-state index contributed by atoms with van der Waals surface area (Å²) >= 11 is 0. The highest BCUT2D eigenvalue weighted by molar-refractivity contribution is 6.04. The number of rotatable bonds is 5. The number of methoxy groups -OCH3 is 2. The topological polar surface area (TPSA) is 86.4 Å². The van der Waals surface area contributed by atoms with Crippen molar-refractivity contribution in [3.05, 3.63) is 95.3 Å². The summed E-state index contributed by atoms with van der Waals surface area (Å²) in [6.07, 6.45) is 3.71. The smallest absolute Gasteiger partial charge is 0.185 e. The van der Waals surface area contributed by atoms with E-state index in [1.807, 2.05) is 41.3 Å². The number of carbonyl (C=O) groups is 1. The molecule has 0 saturated carbocycles. The molecule has 2 aliphatic rings. The van der Waals surface area contributed by atoms with Crippen molar-refractivity contribution in [2.45, 2.75) is 18.0 Å². The molecule has 0 bridgehead atoms. The molecule has 0 aliphatic carbocycles. The van der Waals surface area contributed by atoms with Crippen LogP contribution in [0.1, 0.15) is 27.4 Å². The van der Waals surface area contributed by atoms with E-state index < -0.39 is 29.2 Å². The van der Waals surface area contributed by atoms with Crippen molar-refractivity contribution in [1.82, 2.24) is 0 Å². The lowest BCUT2D eigenvalue weighted by Crippen LogP contribution is -2.44. The fourth-order valence-electron chi connectivity index (χ4n) is 5.44. The first kappa shape index (κ1) is 23.1. The Bertz CT molecular complexity index is 1440. The number of hydrogen-bond acceptors (Lipinski definition) is 6. The van der Waals surface area contributed by atoms with Crippen molar-refractivity contribution in [2.24, 2.45) is 5.41 Å². The highest BCUT2D eigenvalue weighted by atomic mass is 19.1. The van der Waals surface area contributed by atoms with Crippen LogP contribution in [-0.4, -0.2) is 32.1 Å². The zero-order valence-electron chi connectivity index (χ0n) is 19.7. The first-order valence-corrected chi connectivity index (χ1v) is 11.4. The van der Waals surface area contributed by atoms with Gasteiger partial charge in [-0.1, -0.05) is 36.4 Å². The Morgan fingerprint density at radius 2 is 1.67 bits per heavy atom. The van der Waals surface area contributed by atoms with Crippen LogP contribution in [0.2, 0.25) is 0 Å². The summed E-state index contributed by atoms with van der Waals surface area (Å²) in [7, 11) is 3.02. The number of para-hydroxylation sites is 1. The van der Waals surface area contributed by atoms with E-state index in [2.05, 4.69) is 12.1 Å². The number of ether oxygens (including phenoxy) is 2. The van der Waals surface area contributed by atoms with E-state index in [0.717, 1.165) is 11.3 Å². The standard InChI is InChI=1S/C29H22FN3O3/c1-35-23-13-9-20(15-24(23)36-2)26-27(28(34)19-7-11-21(30)12-8-19)33-22-6-4-3-5-18(22)10-14-25(33)29(26,16-31)17-32/h3-15,25-27H,1-2H3/t25-,26-,27+/m1/s1. The maximum absolute atomic E-state index is 14.1. The minimum absolute atomic E-state index is 0.296. The van der Waals surface area contributed by atoms with Crippen LogP contribution < -0.4 is 14.4 Å². The zero-order chi connectivity index (χ0) is 25.4. The van der Waals surface area contributed by atoms with E-state index in [-0.39, 0.29) is 5.78 Å². The second-order valence-electron chi connectivity index (χ2n) is 8.77. The van der Waals surface area contributed by atoms with Gasteiger partial charge < -0.3 is 14.4 Å². The van der Waals surface area contributed by atoms with Gasteiger partial charge in [0.15, 0.2) is 22.7 Å². The lowest BCUT2D eigenvalue weighted by Gasteiger charge is -2.35. The van der Waals surface area contributed by atoms with Gasteiger partial charge in [-0.05, 0) is 53.6 Å². The number of benzene rings is 3. The number of nitriles is 2. The quantitative estimate of drug-likeness (QED) is 0.472. The van der Waals surface area contributed by atoms with Crippen LogP contribution in [0.25, 0.3) is 6.08 Å². The Morgan fingerprint density at radius 1 is 0.972 bits per heavy atom. The maximum Gasteiger partial charge on any atom is 0.185 e. The van der Waals surface area contributed by atoms with Gasteiger partial charge in [-0.15, -0.1) is 0 Å². The molecule has 5 rings (SSSR count). The lowest BCUT2D eigenvalue weighted by atomic mass is 9.69. The first-order chi connectivity index (χ1) is 17.5. The number of fused-ring (bicyclic) bond motifs is 3. The molecule has 6 nitrogen and oxygen atoms in total. The predicted molar refractivity (Wildman–Crippen MR) is 132 cm³/mol. The van der Waals surface area contributed by atoms with Crippen LogP contribution in [0.5, 0.6) is 11.5 Å². The second kappa shape index (κ2) is 8.87. The average molecular weight is 480 g/mol. The summed E-state index contributed by atoms with van der Waals surface area (Å²) in [5.74, 6) is -0.693. The number of halogens is 1. The van der Waals surface area contributed by atoms with Crippen LogP contribution in [0.3, 0.4) is 0 Å². The Hall–Kier alpha value is -4.62. The van der Waals surface area contributed by atoms with Crippen molar-refractivity contribution in [2.75, 3.05) is 19.1 Å². The third-order valence-corrected chi connectivity index (χ3v) is 7.08. The Kier molecular flexibility index (Phi) is 5.70. The number of anilines is 1. The molecule has 2 aliphatic heterocycles. The highest BCUT2D eigenvalue weighted by Crippen LogP contribution is 2.56. The number of carbonyl (C=O) groups excluding carboxylic acids is 1. The molecule has 0 amide bonds. The molecule has 3 aromatic carbocycles. The molecule has 7 heteroatoms. The molecule has 3 atom stereocenters. The monoisotopic (exact) mass is 479 g/mol. The molecular formula is C29H22FN3O3. The summed E-state index contributed by atoms with van der Waals surface area (Å²) in [5.41, 5.74) is 0.928. The number of ketones is 1. The number of nitrogens with zero attached hydrogens (tertiary/aromatic N) is 3. The van der Waals surface area contributed by atoms with E-state index in [0.29, 0.717) is 22.6 Å². The summed E-state index contributed by atoms with van der Waals surface area (Å²) < 4.78 is 24.5. The summed E-state index contributed by atoms with van der Waals surface area (Å²) in [4.78, 5) is 16.0. The van der Waals surface area contributed by atoms with E-state index in [4.69, 9.17) is 9.47 Å². The Labute approximate surface area is 208 Å². The zero-order valence-corrected chi connectivity index (χ0v) is 19.7. The minimum atomic E-state index is -1.59. The van der Waals surface area contributed by atoms with Crippen molar-refractivity contribution in [3.63, 3.8) is 0 Å². The molecule has 0 radical (unpaired) electrons. The summed E-state index contributed by atoms with van der Waals surface area (Å²) in [6, 6.07) is 21.0. The maximum atomic E-state index is 14.1. The molecular weight excluding hydrogens is 457 g/mol. The van der Waals surface area contributed by atoms with Crippen LogP contribution in [0.15, 0.2) is 72.8 Å². The van der Waals surface area contributed by atoms with Crippen LogP contribution >= 0.6 is 0 Å². The molecule has 0 unspecified atom stereocenters. The van der Waals surface area contributed by atoms with E-state index >= 15 is 0 Å². The van der Waals surface area contributed by atoms with Gasteiger partial charge in [-0.3, -0.25) is 4.79 Å². The van der Waals surface area contributed by atoms with Gasteiger partial charge >= 0.3 is 0 Å². The SMILES string of the molecule is COc1ccc([C@@H]2[C@@H](C(=O)c3ccc(F)cc3)N3c4ccccc4C=C[C@@H]3C2(C#N)C#N)cc1OC. The fraction of sp³-hybridized carbons (Fsp3) is 0.207. The molecule has 178 valence electrons. The van der Waals surface area contributed by atoms with E-state index in [1.54, 1.807) is 18.2 Å². The second-order valence-corrected chi connectivity index (χ2v) is 8.77. The van der Waals surface area contributed by atoms with Gasteiger partial charge in [0.2, 0.25) is 0 Å². The highest BCUT2D eigenvalue weighted by Gasteiger charge is 2.63. The Morgan fingerprint density at radius 3 is 2.33 bits per heavy atom. The molecule has 0 N–H and O–H groups in total. The van der Waals surface area contributed by atoms with Crippen LogP contribution in [0.4, 0.5) is 10.1 Å². The van der Waals surface area contributed by atoms with Gasteiger partial charge in [0.1, 0.15) is 11.9 Å². The van der Waals surface area contributed by atoms with Gasteiger partial charge in [-0.25, -0.2) is 4.39 Å². The summed E-state index contributed by atoms with van der Waals surface area (Å²) in [6.45, 7) is 0. The number of hydrogen-bond donors (Lipinski definition) is 0. The van der Waals surface area contributed by atoms with Crippen molar-refractivity contribution in [1.29, 1.82) is 10.5 Å². The first-order valence-electron chi connectivity index (χ1n) is 11.4. The van der Waals surface area contributed by atoms with Gasteiger partial charge in [0, 0.05) is 17.2 Å². The molecule has 2 heterocycles. The van der Waals surface area contributed by atoms with Crippen molar-refractivity contribution in [3.8, 4) is 23.6 Å². The Balaban J connectivity index is 1.78. The third-order valence-electron chi connectivity index (χ3n) is 7.08. The van der Waals surface area contributed by atoms with Crippen LogP contribution in [0, 0.1) is 33.9 Å². The van der Waals surface area contributed by atoms with Gasteiger partial charge in [0.05, 0.1) is 32.4 Å². The van der Waals surface area contributed by atoms with Gasteiger partial charge in [0.25, 0.3) is 0 Å². The predicted octanol–water partition coefficient (Wildman–Crippen LogP) is 5.13. The van der Waals surface area contributed by atoms with Gasteiger partial charge in [-0.2, -0.15) is 10.5 Å². The molecule has 3 aromatic rings. The molecule has 0 aromatic heterocycles. The lowest BCUT2D eigenvalue weighted by molar-refractivity contribution is 0.0951. The summed E-state index contributed by atoms with van der Waals surface area (Å²) in [5, 5.41) is 21.0. The van der Waals surface area contributed by atoms with E-state index in [9.17, 15) is 19.7 Å². The normalized spacial score (nSPS) is 21.0. The third kappa shape index (κ3) is 3.32. The van der Waals surface area contributed by atoms with Crippen molar-refractivity contribution >= 4 is 17.5 Å². The minimum Gasteiger partial charge on any atom is -0.493 e. The number of Topliss-reactive ketones (excluding diaryl/α,β-unsaturated/α-hetero) is 1. The molecule has 1 fully saturated rings. The molecule has 36 heavy (non-hydrogen) atoms. The molecule has 0 spiro atoms. The van der Waals surface area contributed by atoms with Crippen molar-refractivity contribution < 1.29 is 18.7 Å². The van der Waals surface area contributed by atoms with Crippen LogP contribution in [-0.2, 0) is 0 Å². The molecule has 1 saturated heterocycles.